The predicted octanol–water partition coefficient (Wildman–Crippen LogP) is 4.29. The van der Waals surface area contributed by atoms with E-state index in [1.807, 2.05) is 24.3 Å². The maximum atomic E-state index is 13.0. The van der Waals surface area contributed by atoms with E-state index in [4.69, 9.17) is 22.1 Å². The van der Waals surface area contributed by atoms with Gasteiger partial charge in [0.2, 0.25) is 5.91 Å². The van der Waals surface area contributed by atoms with E-state index in [0.29, 0.717) is 28.8 Å². The van der Waals surface area contributed by atoms with Crippen molar-refractivity contribution in [1.29, 1.82) is 0 Å². The second-order valence-corrected chi connectivity index (χ2v) is 8.68. The number of ether oxygens (including phenoxy) is 1. The number of amides is 1. The van der Waals surface area contributed by atoms with Crippen LogP contribution < -0.4 is 10.5 Å². The molecule has 1 aliphatic heterocycles. The fraction of sp³-hybridized carbons (Fsp3) is 0.667. The average Bonchev–Trinajstić information content (AvgIpc) is 2.63. The molecule has 2 unspecified atom stereocenters. The summed E-state index contributed by atoms with van der Waals surface area (Å²) in [5, 5.41) is 0.649. The predicted molar refractivity (Wildman–Crippen MR) is 110 cm³/mol. The van der Waals surface area contributed by atoms with Crippen molar-refractivity contribution in [2.24, 2.45) is 23.5 Å². The number of carbonyl (C=O) groups is 1. The number of hydrogen-bond donors (Lipinski definition) is 1. The van der Waals surface area contributed by atoms with Gasteiger partial charge in [-0.2, -0.15) is 0 Å². The van der Waals surface area contributed by atoms with E-state index in [1.165, 1.54) is 19.3 Å². The minimum absolute atomic E-state index is 0. The van der Waals surface area contributed by atoms with E-state index in [1.54, 1.807) is 0 Å². The smallest absolute Gasteiger partial charge is 0.225 e. The van der Waals surface area contributed by atoms with Crippen LogP contribution in [-0.2, 0) is 4.79 Å². The molecule has 2 aliphatic carbocycles. The molecule has 6 heteroatoms. The first-order valence-corrected chi connectivity index (χ1v) is 10.4. The van der Waals surface area contributed by atoms with Gasteiger partial charge in [0.05, 0.1) is 5.02 Å². The molecule has 3 aliphatic rings. The van der Waals surface area contributed by atoms with Crippen LogP contribution in [0.25, 0.3) is 0 Å². The van der Waals surface area contributed by atoms with E-state index < -0.39 is 0 Å². The number of benzene rings is 1. The summed E-state index contributed by atoms with van der Waals surface area (Å²) in [6, 6.07) is 7.92. The molecule has 1 saturated heterocycles. The molecule has 1 amide bonds. The summed E-state index contributed by atoms with van der Waals surface area (Å²) in [4.78, 5) is 15.1. The number of nitrogens with two attached hydrogens (primary N) is 1. The van der Waals surface area contributed by atoms with Crippen LogP contribution in [0, 0.1) is 17.8 Å². The Kier molecular flexibility index (Phi) is 6.93. The van der Waals surface area contributed by atoms with Crippen LogP contribution >= 0.6 is 24.0 Å². The highest BCUT2D eigenvalue weighted by atomic mass is 35.5. The Balaban J connectivity index is 0.00000210. The Morgan fingerprint density at radius 3 is 2.33 bits per heavy atom. The maximum Gasteiger partial charge on any atom is 0.225 e. The number of fused-ring (bicyclic) bond motifs is 2. The minimum Gasteiger partial charge on any atom is -0.489 e. The lowest BCUT2D eigenvalue weighted by Gasteiger charge is -2.45. The normalized spacial score (nSPS) is 31.1. The second kappa shape index (κ2) is 9.02. The van der Waals surface area contributed by atoms with Crippen LogP contribution in [0.1, 0.15) is 44.9 Å². The molecule has 2 bridgehead atoms. The van der Waals surface area contributed by atoms with Crippen LogP contribution in [0.15, 0.2) is 24.3 Å². The highest BCUT2D eigenvalue weighted by Crippen LogP contribution is 2.42. The number of halogens is 2. The monoisotopic (exact) mass is 412 g/mol. The summed E-state index contributed by atoms with van der Waals surface area (Å²) in [7, 11) is 0. The number of para-hydroxylation sites is 1. The molecular formula is C21H30Cl2N2O2. The highest BCUT2D eigenvalue weighted by molar-refractivity contribution is 6.32. The van der Waals surface area contributed by atoms with Gasteiger partial charge in [0.1, 0.15) is 11.9 Å². The summed E-state index contributed by atoms with van der Waals surface area (Å²) in [5.74, 6) is 2.39. The Morgan fingerprint density at radius 1 is 1.07 bits per heavy atom. The van der Waals surface area contributed by atoms with Crippen molar-refractivity contribution < 1.29 is 9.53 Å². The summed E-state index contributed by atoms with van der Waals surface area (Å²) in [6.45, 7) is 1.57. The van der Waals surface area contributed by atoms with Gasteiger partial charge in [0.15, 0.2) is 0 Å². The molecule has 0 spiro atoms. The van der Waals surface area contributed by atoms with Gasteiger partial charge in [-0.3, -0.25) is 4.79 Å². The number of likely N-dealkylation sites (tertiary alicyclic amines) is 1. The SMILES string of the molecule is Cl.NC1C2CCCC1CC(C(=O)N1CCC(Oc3ccccc3Cl)CC1)C2. The standard InChI is InChI=1S/C21H29ClN2O2.ClH/c22-18-6-1-2-7-19(18)26-17-8-10-24(11-9-17)21(25)16-12-14-4-3-5-15(13-16)20(14)23;/h1-2,6-7,14-17,20H,3-5,8-13,23H2;1H. The van der Waals surface area contributed by atoms with Gasteiger partial charge >= 0.3 is 0 Å². The number of piperidine rings is 1. The van der Waals surface area contributed by atoms with Crippen LogP contribution in [0.3, 0.4) is 0 Å². The molecule has 2 saturated carbocycles. The molecule has 4 rings (SSSR count). The lowest BCUT2D eigenvalue weighted by Crippen LogP contribution is -2.51. The number of rotatable bonds is 3. The molecule has 1 aromatic rings. The van der Waals surface area contributed by atoms with Crippen molar-refractivity contribution in [3.8, 4) is 5.75 Å². The summed E-state index contributed by atoms with van der Waals surface area (Å²) >= 11 is 6.18. The third-order valence-electron chi connectivity index (χ3n) is 6.65. The fourth-order valence-electron chi connectivity index (χ4n) is 5.16. The van der Waals surface area contributed by atoms with Gasteiger partial charge < -0.3 is 15.4 Å². The van der Waals surface area contributed by atoms with Crippen molar-refractivity contribution >= 4 is 29.9 Å². The van der Waals surface area contributed by atoms with Crippen molar-refractivity contribution in [1.82, 2.24) is 4.90 Å². The third kappa shape index (κ3) is 4.55. The summed E-state index contributed by atoms with van der Waals surface area (Å²) < 4.78 is 6.05. The molecule has 0 radical (unpaired) electrons. The largest absolute Gasteiger partial charge is 0.489 e. The molecule has 1 aromatic carbocycles. The fourth-order valence-corrected chi connectivity index (χ4v) is 5.34. The zero-order chi connectivity index (χ0) is 18.1. The Labute approximate surface area is 173 Å². The summed E-state index contributed by atoms with van der Waals surface area (Å²) in [5.41, 5.74) is 6.38. The Morgan fingerprint density at radius 2 is 1.70 bits per heavy atom. The zero-order valence-electron chi connectivity index (χ0n) is 15.7. The molecule has 3 fully saturated rings. The van der Waals surface area contributed by atoms with E-state index in [2.05, 4.69) is 4.90 Å². The Hall–Kier alpha value is -0.970. The first-order valence-electron chi connectivity index (χ1n) is 10.1. The second-order valence-electron chi connectivity index (χ2n) is 8.27. The van der Waals surface area contributed by atoms with E-state index in [-0.39, 0.29) is 24.4 Å². The van der Waals surface area contributed by atoms with Crippen LogP contribution in [-0.4, -0.2) is 36.0 Å². The van der Waals surface area contributed by atoms with Crippen LogP contribution in [0.4, 0.5) is 0 Å². The van der Waals surface area contributed by atoms with Crippen LogP contribution in [0.2, 0.25) is 5.02 Å². The third-order valence-corrected chi connectivity index (χ3v) is 6.96. The van der Waals surface area contributed by atoms with Crippen molar-refractivity contribution in [3.63, 3.8) is 0 Å². The first-order chi connectivity index (χ1) is 12.6. The van der Waals surface area contributed by atoms with E-state index in [0.717, 1.165) is 44.5 Å². The van der Waals surface area contributed by atoms with Gasteiger partial charge in [-0.05, 0) is 49.7 Å². The van der Waals surface area contributed by atoms with Crippen LogP contribution in [0.5, 0.6) is 5.75 Å². The average molecular weight is 413 g/mol. The van der Waals surface area contributed by atoms with Gasteiger partial charge in [-0.15, -0.1) is 12.4 Å². The quantitative estimate of drug-likeness (QED) is 0.805. The molecule has 4 nitrogen and oxygen atoms in total. The van der Waals surface area contributed by atoms with Gasteiger partial charge in [0.25, 0.3) is 0 Å². The van der Waals surface area contributed by atoms with E-state index in [9.17, 15) is 4.79 Å². The van der Waals surface area contributed by atoms with Gasteiger partial charge in [-0.1, -0.05) is 30.2 Å². The van der Waals surface area contributed by atoms with Crippen molar-refractivity contribution in [3.05, 3.63) is 29.3 Å². The van der Waals surface area contributed by atoms with Gasteiger partial charge in [-0.25, -0.2) is 0 Å². The molecule has 2 N–H and O–H groups in total. The number of hydrogen-bond acceptors (Lipinski definition) is 3. The minimum atomic E-state index is 0. The molecular weight excluding hydrogens is 383 g/mol. The molecule has 27 heavy (non-hydrogen) atoms. The molecule has 150 valence electrons. The highest BCUT2D eigenvalue weighted by Gasteiger charge is 2.42. The topological polar surface area (TPSA) is 55.6 Å². The van der Waals surface area contributed by atoms with Crippen molar-refractivity contribution in [2.75, 3.05) is 13.1 Å². The Bertz CT molecular complexity index is 635. The molecule has 0 aromatic heterocycles. The lowest BCUT2D eigenvalue weighted by atomic mass is 9.65. The number of nitrogens with zero attached hydrogens (tertiary/aromatic N) is 1. The number of carbonyl (C=O) groups excluding carboxylic acids is 1. The van der Waals surface area contributed by atoms with Crippen molar-refractivity contribution in [2.45, 2.75) is 57.1 Å². The lowest BCUT2D eigenvalue weighted by molar-refractivity contribution is -0.140. The molecule has 1 heterocycles. The van der Waals surface area contributed by atoms with E-state index >= 15 is 0 Å². The molecule has 2 atom stereocenters. The van der Waals surface area contributed by atoms with Gasteiger partial charge in [0, 0.05) is 37.9 Å². The summed E-state index contributed by atoms with van der Waals surface area (Å²) in [6.07, 6.45) is 7.56. The zero-order valence-corrected chi connectivity index (χ0v) is 17.3. The first kappa shape index (κ1) is 20.8. The maximum absolute atomic E-state index is 13.0.